The van der Waals surface area contributed by atoms with Crippen LogP contribution in [-0.4, -0.2) is 49.1 Å². The van der Waals surface area contributed by atoms with Gasteiger partial charge in [0.1, 0.15) is 0 Å². The number of nitrogens with one attached hydrogen (secondary N) is 1. The average molecular weight is 244 g/mol. The molecule has 0 saturated carbocycles. The molecule has 3 heteroatoms. The molecule has 0 bridgehead atoms. The maximum absolute atomic E-state index is 3.55. The van der Waals surface area contributed by atoms with E-state index in [1.54, 1.807) is 0 Å². The molecule has 1 aliphatic rings. The molecule has 0 radical (unpaired) electrons. The maximum atomic E-state index is 3.55. The fourth-order valence-electron chi connectivity index (χ4n) is 2.24. The summed E-state index contributed by atoms with van der Waals surface area (Å²) >= 11 is 2.07. The second-order valence-corrected chi connectivity index (χ2v) is 6.08. The highest BCUT2D eigenvalue weighted by atomic mass is 32.2. The first-order chi connectivity index (χ1) is 7.86. The molecule has 1 aliphatic heterocycles. The van der Waals surface area contributed by atoms with E-state index >= 15 is 0 Å². The zero-order valence-electron chi connectivity index (χ0n) is 11.0. The van der Waals surface area contributed by atoms with Gasteiger partial charge in [0.15, 0.2) is 0 Å². The molecule has 0 unspecified atom stereocenters. The molecule has 0 aromatic carbocycles. The predicted octanol–water partition coefficient (Wildman–Crippen LogP) is 2.45. The third-order valence-corrected chi connectivity index (χ3v) is 4.20. The van der Waals surface area contributed by atoms with Crippen LogP contribution in [0.4, 0.5) is 0 Å². The van der Waals surface area contributed by atoms with E-state index in [4.69, 9.17) is 0 Å². The lowest BCUT2D eigenvalue weighted by Crippen LogP contribution is -2.38. The SMILES string of the molecule is CCCNCC1CCN(CCSCC)CC1. The molecule has 1 saturated heterocycles. The molecule has 0 amide bonds. The van der Waals surface area contributed by atoms with Gasteiger partial charge in [-0.15, -0.1) is 0 Å². The molecule has 1 fully saturated rings. The normalized spacial score (nSPS) is 19.1. The van der Waals surface area contributed by atoms with Crippen molar-refractivity contribution in [1.82, 2.24) is 10.2 Å². The van der Waals surface area contributed by atoms with Crippen molar-refractivity contribution in [3.05, 3.63) is 0 Å². The van der Waals surface area contributed by atoms with E-state index in [-0.39, 0.29) is 0 Å². The van der Waals surface area contributed by atoms with Gasteiger partial charge >= 0.3 is 0 Å². The fraction of sp³-hybridized carbons (Fsp3) is 1.00. The standard InChI is InChI=1S/C13H28N2S/c1-3-7-14-12-13-5-8-15(9-6-13)10-11-16-4-2/h13-14H,3-12H2,1-2H3. The number of likely N-dealkylation sites (tertiary alicyclic amines) is 1. The monoisotopic (exact) mass is 244 g/mol. The Labute approximate surface area is 106 Å². The highest BCUT2D eigenvalue weighted by molar-refractivity contribution is 7.99. The van der Waals surface area contributed by atoms with E-state index in [9.17, 15) is 0 Å². The summed E-state index contributed by atoms with van der Waals surface area (Å²) in [6.45, 7) is 10.9. The molecular weight excluding hydrogens is 216 g/mol. The van der Waals surface area contributed by atoms with E-state index in [0.29, 0.717) is 0 Å². The van der Waals surface area contributed by atoms with Gasteiger partial charge in [-0.1, -0.05) is 13.8 Å². The molecule has 1 rings (SSSR count). The van der Waals surface area contributed by atoms with Crippen LogP contribution in [-0.2, 0) is 0 Å². The summed E-state index contributed by atoms with van der Waals surface area (Å²) in [5, 5.41) is 3.55. The van der Waals surface area contributed by atoms with Crippen LogP contribution in [0.3, 0.4) is 0 Å². The number of nitrogens with zero attached hydrogens (tertiary/aromatic N) is 1. The van der Waals surface area contributed by atoms with Crippen LogP contribution in [0.5, 0.6) is 0 Å². The molecule has 2 nitrogen and oxygen atoms in total. The minimum Gasteiger partial charge on any atom is -0.316 e. The number of thioether (sulfide) groups is 1. The second kappa shape index (κ2) is 9.32. The molecule has 0 spiro atoms. The quantitative estimate of drug-likeness (QED) is 0.660. The molecule has 0 atom stereocenters. The third-order valence-electron chi connectivity index (χ3n) is 3.32. The summed E-state index contributed by atoms with van der Waals surface area (Å²) in [5.74, 6) is 3.51. The van der Waals surface area contributed by atoms with Crippen molar-refractivity contribution in [3.63, 3.8) is 0 Å². The number of rotatable bonds is 8. The van der Waals surface area contributed by atoms with Crippen molar-refractivity contribution in [2.75, 3.05) is 44.2 Å². The summed E-state index contributed by atoms with van der Waals surface area (Å²) in [7, 11) is 0. The highest BCUT2D eigenvalue weighted by Gasteiger charge is 2.17. The van der Waals surface area contributed by atoms with Crippen LogP contribution in [0.1, 0.15) is 33.1 Å². The van der Waals surface area contributed by atoms with Crippen LogP contribution in [0, 0.1) is 5.92 Å². The minimum absolute atomic E-state index is 0.932. The van der Waals surface area contributed by atoms with Gasteiger partial charge in [0.05, 0.1) is 0 Å². The lowest BCUT2D eigenvalue weighted by atomic mass is 9.97. The van der Waals surface area contributed by atoms with Crippen molar-refractivity contribution < 1.29 is 0 Å². The van der Waals surface area contributed by atoms with Crippen molar-refractivity contribution in [2.45, 2.75) is 33.1 Å². The average Bonchev–Trinajstić information content (AvgIpc) is 2.32. The minimum atomic E-state index is 0.932. The van der Waals surface area contributed by atoms with E-state index in [1.165, 1.54) is 63.5 Å². The molecule has 16 heavy (non-hydrogen) atoms. The first kappa shape index (κ1) is 14.3. The van der Waals surface area contributed by atoms with Gasteiger partial charge in [0.25, 0.3) is 0 Å². The molecule has 0 aromatic heterocycles. The van der Waals surface area contributed by atoms with Crippen LogP contribution >= 0.6 is 11.8 Å². The fourth-order valence-corrected chi connectivity index (χ4v) is 2.91. The first-order valence-electron chi connectivity index (χ1n) is 6.87. The van der Waals surface area contributed by atoms with E-state index in [0.717, 1.165) is 5.92 Å². The van der Waals surface area contributed by atoms with Gasteiger partial charge in [-0.3, -0.25) is 0 Å². The topological polar surface area (TPSA) is 15.3 Å². The number of hydrogen-bond acceptors (Lipinski definition) is 3. The Hall–Kier alpha value is 0.270. The zero-order chi connectivity index (χ0) is 11.6. The molecule has 0 aliphatic carbocycles. The highest BCUT2D eigenvalue weighted by Crippen LogP contribution is 2.16. The Balaban J connectivity index is 2.00. The van der Waals surface area contributed by atoms with Gasteiger partial charge in [-0.25, -0.2) is 0 Å². The van der Waals surface area contributed by atoms with Crippen molar-refractivity contribution >= 4 is 11.8 Å². The molecule has 96 valence electrons. The lowest BCUT2D eigenvalue weighted by Gasteiger charge is -2.31. The van der Waals surface area contributed by atoms with Crippen molar-refractivity contribution in [3.8, 4) is 0 Å². The Bertz CT molecular complexity index is 138. The Morgan fingerprint density at radius 1 is 1.25 bits per heavy atom. The molecule has 1 N–H and O–H groups in total. The molecule has 1 heterocycles. The van der Waals surface area contributed by atoms with Gasteiger partial charge in [-0.2, -0.15) is 11.8 Å². The van der Waals surface area contributed by atoms with Crippen molar-refractivity contribution in [1.29, 1.82) is 0 Å². The van der Waals surface area contributed by atoms with Crippen molar-refractivity contribution in [2.24, 2.45) is 5.92 Å². The zero-order valence-corrected chi connectivity index (χ0v) is 11.8. The number of piperidine rings is 1. The van der Waals surface area contributed by atoms with Crippen LogP contribution in [0.25, 0.3) is 0 Å². The first-order valence-corrected chi connectivity index (χ1v) is 8.03. The van der Waals surface area contributed by atoms with E-state index in [1.807, 2.05) is 0 Å². The number of hydrogen-bond donors (Lipinski definition) is 1. The summed E-state index contributed by atoms with van der Waals surface area (Å²) in [6.07, 6.45) is 4.05. The van der Waals surface area contributed by atoms with Gasteiger partial charge in [0.2, 0.25) is 0 Å². The Kier molecular flexibility index (Phi) is 8.34. The Morgan fingerprint density at radius 3 is 2.62 bits per heavy atom. The summed E-state index contributed by atoms with van der Waals surface area (Å²) in [6, 6.07) is 0. The van der Waals surface area contributed by atoms with Gasteiger partial charge < -0.3 is 10.2 Å². The molecular formula is C13H28N2S. The van der Waals surface area contributed by atoms with Crippen LogP contribution < -0.4 is 5.32 Å². The van der Waals surface area contributed by atoms with E-state index < -0.39 is 0 Å². The second-order valence-electron chi connectivity index (χ2n) is 4.69. The summed E-state index contributed by atoms with van der Waals surface area (Å²) in [5.41, 5.74) is 0. The summed E-state index contributed by atoms with van der Waals surface area (Å²) in [4.78, 5) is 2.64. The van der Waals surface area contributed by atoms with Crippen LogP contribution in [0.2, 0.25) is 0 Å². The Morgan fingerprint density at radius 2 is 2.00 bits per heavy atom. The summed E-state index contributed by atoms with van der Waals surface area (Å²) < 4.78 is 0. The van der Waals surface area contributed by atoms with Crippen LogP contribution in [0.15, 0.2) is 0 Å². The third kappa shape index (κ3) is 6.12. The molecule has 0 aromatic rings. The van der Waals surface area contributed by atoms with Gasteiger partial charge in [-0.05, 0) is 57.1 Å². The van der Waals surface area contributed by atoms with Gasteiger partial charge in [0, 0.05) is 12.3 Å². The maximum Gasteiger partial charge on any atom is 0.00723 e. The van der Waals surface area contributed by atoms with E-state index in [2.05, 4.69) is 35.8 Å². The lowest BCUT2D eigenvalue weighted by molar-refractivity contribution is 0.191. The largest absolute Gasteiger partial charge is 0.316 e. The smallest absolute Gasteiger partial charge is 0.00723 e. The predicted molar refractivity (Wildman–Crippen MR) is 75.3 cm³/mol.